The number of nitrogens with zero attached hydrogens (tertiary/aromatic N) is 1. The van der Waals surface area contributed by atoms with Gasteiger partial charge in [-0.3, -0.25) is 14.9 Å². The molecule has 2 unspecified atom stereocenters. The van der Waals surface area contributed by atoms with Crippen LogP contribution in [0.15, 0.2) is 72.8 Å². The molecule has 0 spiro atoms. The summed E-state index contributed by atoms with van der Waals surface area (Å²) < 4.78 is 20.6. The van der Waals surface area contributed by atoms with Crippen LogP contribution in [0, 0.1) is 11.7 Å². The highest BCUT2D eigenvalue weighted by Gasteiger charge is 2.38. The van der Waals surface area contributed by atoms with Crippen molar-refractivity contribution in [1.82, 2.24) is 4.90 Å². The minimum absolute atomic E-state index is 0.187. The van der Waals surface area contributed by atoms with E-state index in [-0.39, 0.29) is 11.8 Å². The average Bonchev–Trinajstić information content (AvgIpc) is 3.30. The number of anilines is 3. The van der Waals surface area contributed by atoms with Gasteiger partial charge in [0.25, 0.3) is 0 Å². The highest BCUT2D eigenvalue weighted by atomic mass is 35.5. The number of likely N-dealkylation sites (N-methyl/N-ethyl adjacent to an activating group) is 1. The average molecular weight is 593 g/mol. The lowest BCUT2D eigenvalue weighted by molar-refractivity contribution is -0.119. The summed E-state index contributed by atoms with van der Waals surface area (Å²) in [6.07, 6.45) is 2.13. The van der Waals surface area contributed by atoms with Crippen LogP contribution in [0.1, 0.15) is 37.8 Å². The molecule has 1 fully saturated rings. The number of hydrogen-bond acceptors (Lipinski definition) is 5. The van der Waals surface area contributed by atoms with E-state index in [1.165, 1.54) is 18.2 Å². The number of nitrogens with one attached hydrogen (secondary N) is 3. The van der Waals surface area contributed by atoms with Crippen molar-refractivity contribution < 1.29 is 23.5 Å². The van der Waals surface area contributed by atoms with Gasteiger partial charge in [0, 0.05) is 35.8 Å². The van der Waals surface area contributed by atoms with Gasteiger partial charge < -0.3 is 20.3 Å². The molecule has 8 nitrogen and oxygen atoms in total. The number of carbonyl (C=O) groups is 3. The number of carbonyl (C=O) groups excluding carboxylic acids is 3. The molecule has 0 aliphatic carbocycles. The van der Waals surface area contributed by atoms with Crippen LogP contribution in [0.3, 0.4) is 0 Å². The summed E-state index contributed by atoms with van der Waals surface area (Å²) in [6, 6.07) is 18.3. The Balaban J connectivity index is 1.41. The fourth-order valence-electron chi connectivity index (χ4n) is 4.76. The maximum absolute atomic E-state index is 15.3. The SMILES string of the molecule is CN1CC(C(=O)Nc2ccc(Cl)cc2)C(c2ccc(/C=C/C(=O)Nc3ccccc3NC(=O)OC(C)(C)C)cc2F)C1. The van der Waals surface area contributed by atoms with Gasteiger partial charge in [0.05, 0.1) is 17.3 Å². The molecule has 42 heavy (non-hydrogen) atoms. The van der Waals surface area contributed by atoms with Gasteiger partial charge in [0.15, 0.2) is 0 Å². The van der Waals surface area contributed by atoms with Gasteiger partial charge in [-0.05, 0) is 87.5 Å². The van der Waals surface area contributed by atoms with Gasteiger partial charge in [-0.2, -0.15) is 0 Å². The van der Waals surface area contributed by atoms with Gasteiger partial charge in [0.2, 0.25) is 11.8 Å². The lowest BCUT2D eigenvalue weighted by Crippen LogP contribution is -2.28. The van der Waals surface area contributed by atoms with Crippen LogP contribution in [0.25, 0.3) is 6.08 Å². The molecule has 1 aliphatic rings. The molecule has 3 N–H and O–H groups in total. The minimum Gasteiger partial charge on any atom is -0.444 e. The van der Waals surface area contributed by atoms with Gasteiger partial charge in [-0.1, -0.05) is 35.9 Å². The maximum Gasteiger partial charge on any atom is 0.412 e. The molecule has 3 amide bonds. The topological polar surface area (TPSA) is 99.8 Å². The van der Waals surface area contributed by atoms with E-state index < -0.39 is 29.3 Å². The van der Waals surface area contributed by atoms with E-state index in [9.17, 15) is 14.4 Å². The molecule has 0 aromatic heterocycles. The number of amides is 3. The Kier molecular flexibility index (Phi) is 9.65. The van der Waals surface area contributed by atoms with E-state index in [0.29, 0.717) is 46.3 Å². The zero-order chi connectivity index (χ0) is 30.4. The summed E-state index contributed by atoms with van der Waals surface area (Å²) >= 11 is 5.94. The first kappa shape index (κ1) is 30.7. The van der Waals surface area contributed by atoms with Crippen molar-refractivity contribution in [3.8, 4) is 0 Å². The molecule has 220 valence electrons. The second-order valence-electron chi connectivity index (χ2n) is 11.2. The highest BCUT2D eigenvalue weighted by molar-refractivity contribution is 6.30. The zero-order valence-corrected chi connectivity index (χ0v) is 24.7. The van der Waals surface area contributed by atoms with Crippen molar-refractivity contribution >= 4 is 52.6 Å². The molecule has 10 heteroatoms. The molecular formula is C32H34ClFN4O4. The Labute approximate surface area is 249 Å². The molecule has 1 saturated heterocycles. The van der Waals surface area contributed by atoms with Crippen LogP contribution in [-0.2, 0) is 14.3 Å². The van der Waals surface area contributed by atoms with Gasteiger partial charge in [0.1, 0.15) is 11.4 Å². The number of rotatable bonds is 7. The molecule has 0 saturated carbocycles. The predicted molar refractivity (Wildman–Crippen MR) is 164 cm³/mol. The third-order valence-electron chi connectivity index (χ3n) is 6.62. The van der Waals surface area contributed by atoms with Crippen LogP contribution in [0.2, 0.25) is 5.02 Å². The summed E-state index contributed by atoms with van der Waals surface area (Å²) in [6.45, 7) is 6.29. The van der Waals surface area contributed by atoms with E-state index >= 15 is 4.39 Å². The van der Waals surface area contributed by atoms with Crippen molar-refractivity contribution in [2.75, 3.05) is 36.1 Å². The summed E-state index contributed by atoms with van der Waals surface area (Å²) in [7, 11) is 1.90. The van der Waals surface area contributed by atoms with Crippen LogP contribution >= 0.6 is 11.6 Å². The molecule has 3 aromatic rings. The van der Waals surface area contributed by atoms with E-state index in [1.54, 1.807) is 81.4 Å². The van der Waals surface area contributed by atoms with Crippen molar-refractivity contribution in [2.24, 2.45) is 5.92 Å². The van der Waals surface area contributed by atoms with Gasteiger partial charge in [-0.15, -0.1) is 0 Å². The van der Waals surface area contributed by atoms with Crippen LogP contribution < -0.4 is 16.0 Å². The second-order valence-corrected chi connectivity index (χ2v) is 11.6. The van der Waals surface area contributed by atoms with Gasteiger partial charge >= 0.3 is 6.09 Å². The van der Waals surface area contributed by atoms with E-state index in [2.05, 4.69) is 16.0 Å². The van der Waals surface area contributed by atoms with E-state index in [4.69, 9.17) is 16.3 Å². The van der Waals surface area contributed by atoms with Crippen LogP contribution in [-0.4, -0.2) is 48.5 Å². The van der Waals surface area contributed by atoms with Crippen molar-refractivity contribution in [3.63, 3.8) is 0 Å². The van der Waals surface area contributed by atoms with Crippen molar-refractivity contribution in [3.05, 3.63) is 94.8 Å². The minimum atomic E-state index is -0.672. The Bertz CT molecular complexity index is 1490. The molecule has 0 radical (unpaired) electrons. The number of halogens is 2. The molecule has 4 rings (SSSR count). The number of benzene rings is 3. The fraction of sp³-hybridized carbons (Fsp3) is 0.281. The number of likely N-dealkylation sites (tertiary alicyclic amines) is 1. The lowest BCUT2D eigenvalue weighted by Gasteiger charge is -2.20. The quantitative estimate of drug-likeness (QED) is 0.263. The summed E-state index contributed by atoms with van der Waals surface area (Å²) in [5.41, 5.74) is 1.64. The molecule has 3 aromatic carbocycles. The monoisotopic (exact) mass is 592 g/mol. The third-order valence-corrected chi connectivity index (χ3v) is 6.87. The van der Waals surface area contributed by atoms with E-state index in [1.807, 2.05) is 11.9 Å². The molecular weight excluding hydrogens is 559 g/mol. The fourth-order valence-corrected chi connectivity index (χ4v) is 4.88. The Morgan fingerprint density at radius 3 is 2.26 bits per heavy atom. The standard InChI is InChI=1S/C32H34ClFN4O4/c1-32(2,3)42-31(41)37-28-8-6-5-7-27(28)36-29(39)16-10-20-9-15-23(26(34)17-20)24-18-38(4)19-25(24)30(40)35-22-13-11-21(33)12-14-22/h5-17,24-25H,18-19H2,1-4H3,(H,35,40)(H,36,39)(H,37,41)/b16-10+. The number of para-hydroxylation sites is 2. The Hall–Kier alpha value is -4.21. The Morgan fingerprint density at radius 1 is 0.952 bits per heavy atom. The summed E-state index contributed by atoms with van der Waals surface area (Å²) in [4.78, 5) is 39.9. The third kappa shape index (κ3) is 8.41. The van der Waals surface area contributed by atoms with E-state index in [0.717, 1.165) is 0 Å². The van der Waals surface area contributed by atoms with Gasteiger partial charge in [-0.25, -0.2) is 9.18 Å². The number of ether oxygens (including phenoxy) is 1. The predicted octanol–water partition coefficient (Wildman–Crippen LogP) is 6.76. The summed E-state index contributed by atoms with van der Waals surface area (Å²) in [5, 5.41) is 8.82. The van der Waals surface area contributed by atoms with Crippen LogP contribution in [0.4, 0.5) is 26.2 Å². The summed E-state index contributed by atoms with van der Waals surface area (Å²) in [5.74, 6) is -1.88. The highest BCUT2D eigenvalue weighted by Crippen LogP contribution is 2.35. The first-order chi connectivity index (χ1) is 19.9. The first-order valence-corrected chi connectivity index (χ1v) is 13.9. The zero-order valence-electron chi connectivity index (χ0n) is 23.9. The molecule has 1 aliphatic heterocycles. The largest absolute Gasteiger partial charge is 0.444 e. The normalized spacial score (nSPS) is 17.2. The van der Waals surface area contributed by atoms with Crippen molar-refractivity contribution in [2.45, 2.75) is 32.3 Å². The lowest BCUT2D eigenvalue weighted by atomic mass is 9.87. The smallest absolute Gasteiger partial charge is 0.412 e. The molecule has 2 atom stereocenters. The molecule has 1 heterocycles. The Morgan fingerprint density at radius 2 is 1.62 bits per heavy atom. The molecule has 0 bridgehead atoms. The van der Waals surface area contributed by atoms with Crippen molar-refractivity contribution in [1.29, 1.82) is 0 Å². The number of hydrogen-bond donors (Lipinski definition) is 3. The second kappa shape index (κ2) is 13.2. The van der Waals surface area contributed by atoms with Crippen LogP contribution in [0.5, 0.6) is 0 Å². The first-order valence-electron chi connectivity index (χ1n) is 13.5. The maximum atomic E-state index is 15.3.